The summed E-state index contributed by atoms with van der Waals surface area (Å²) in [6.45, 7) is 0. The summed E-state index contributed by atoms with van der Waals surface area (Å²) in [5.74, 6) is 0.795. The van der Waals surface area contributed by atoms with Crippen molar-refractivity contribution in [3.8, 4) is 0 Å². The first-order valence-electron chi connectivity index (χ1n) is 10.5. The van der Waals surface area contributed by atoms with Gasteiger partial charge in [-0.05, 0) is 87.3 Å². The Balaban J connectivity index is 1.23. The molecule has 5 aliphatic carbocycles. The van der Waals surface area contributed by atoms with E-state index in [0.717, 1.165) is 19.3 Å². The molecular weight excluding hydrogens is 472 g/mol. The van der Waals surface area contributed by atoms with Crippen molar-refractivity contribution in [2.24, 2.45) is 23.2 Å². The van der Waals surface area contributed by atoms with E-state index in [4.69, 9.17) is 4.84 Å². The number of rotatable bonds is 5. The number of nitrogens with one attached hydrogen (secondary N) is 2. The van der Waals surface area contributed by atoms with E-state index in [9.17, 15) is 18.0 Å². The Kier molecular flexibility index (Phi) is 4.79. The van der Waals surface area contributed by atoms with Crippen LogP contribution in [0.2, 0.25) is 0 Å². The van der Waals surface area contributed by atoms with Gasteiger partial charge in [0.05, 0.1) is 10.3 Å². The fourth-order valence-corrected chi connectivity index (χ4v) is 8.13. The molecule has 5 saturated carbocycles. The van der Waals surface area contributed by atoms with E-state index in [1.54, 1.807) is 12.1 Å². The Morgan fingerprint density at radius 1 is 1.03 bits per heavy atom. The largest absolute Gasteiger partial charge is 0.340 e. The second kappa shape index (κ2) is 7.03. The molecule has 4 bridgehead atoms. The van der Waals surface area contributed by atoms with Gasteiger partial charge in [-0.1, -0.05) is 22.0 Å². The zero-order valence-electron chi connectivity index (χ0n) is 16.5. The highest BCUT2D eigenvalue weighted by molar-refractivity contribution is 9.10. The number of hydrogen-bond acceptors (Lipinski definition) is 5. The average Bonchev–Trinajstić information content (AvgIpc) is 3.45. The number of carbonyl (C=O) groups is 2. The first-order chi connectivity index (χ1) is 14.2. The van der Waals surface area contributed by atoms with E-state index < -0.39 is 26.9 Å². The SMILES string of the molecule is O=C(ONC(=O)C1(NS(=O)(=O)c2cccc(Br)c2)CC1)C12CC3CC(CC(C3)C1)C2. The standard InChI is InChI=1S/C21H25BrN2O5S/c22-16-2-1-3-17(9-16)30(27,28)24-21(4-5-21)18(25)23-29-19(26)20-10-13-6-14(11-20)8-15(7-13)12-20/h1-3,9,13-15,24H,4-8,10-12H2,(H,23,25). The van der Waals surface area contributed by atoms with E-state index in [2.05, 4.69) is 26.1 Å². The molecule has 0 atom stereocenters. The summed E-state index contributed by atoms with van der Waals surface area (Å²) in [7, 11) is -3.88. The molecule has 1 amide bonds. The number of halogens is 1. The maximum atomic E-state index is 12.9. The number of sulfonamides is 1. The Labute approximate surface area is 184 Å². The molecule has 6 rings (SSSR count). The summed E-state index contributed by atoms with van der Waals surface area (Å²) in [5, 5.41) is 0. The van der Waals surface area contributed by atoms with Crippen molar-refractivity contribution in [1.29, 1.82) is 0 Å². The highest BCUT2D eigenvalue weighted by Gasteiger charge is 2.57. The van der Waals surface area contributed by atoms with Crippen LogP contribution in [0.1, 0.15) is 51.4 Å². The summed E-state index contributed by atoms with van der Waals surface area (Å²) >= 11 is 3.26. The summed E-state index contributed by atoms with van der Waals surface area (Å²) < 4.78 is 28.5. The number of amides is 1. The third kappa shape index (κ3) is 3.58. The van der Waals surface area contributed by atoms with Crippen LogP contribution >= 0.6 is 15.9 Å². The minimum Gasteiger partial charge on any atom is -0.340 e. The lowest BCUT2D eigenvalue weighted by Crippen LogP contribution is -2.53. The lowest BCUT2D eigenvalue weighted by molar-refractivity contribution is -0.182. The number of hydroxylamine groups is 1. The summed E-state index contributed by atoms with van der Waals surface area (Å²) in [5.41, 5.74) is 0.532. The van der Waals surface area contributed by atoms with Crippen LogP contribution in [-0.4, -0.2) is 25.8 Å². The monoisotopic (exact) mass is 496 g/mol. The molecule has 0 spiro atoms. The van der Waals surface area contributed by atoms with E-state index in [1.807, 2.05) is 0 Å². The Morgan fingerprint density at radius 2 is 1.63 bits per heavy atom. The zero-order chi connectivity index (χ0) is 21.1. The normalized spacial score (nSPS) is 33.2. The van der Waals surface area contributed by atoms with Crippen molar-refractivity contribution >= 4 is 37.8 Å². The topological polar surface area (TPSA) is 102 Å². The van der Waals surface area contributed by atoms with Gasteiger partial charge >= 0.3 is 5.97 Å². The van der Waals surface area contributed by atoms with E-state index in [-0.39, 0.29) is 10.9 Å². The van der Waals surface area contributed by atoms with E-state index in [1.165, 1.54) is 31.4 Å². The second-order valence-corrected chi connectivity index (χ2v) is 12.3. The van der Waals surface area contributed by atoms with Gasteiger partial charge in [0.15, 0.2) is 0 Å². The molecule has 7 nitrogen and oxygen atoms in total. The van der Waals surface area contributed by atoms with Gasteiger partial charge < -0.3 is 4.84 Å². The Hall–Kier alpha value is -1.45. The average molecular weight is 497 g/mol. The number of benzene rings is 1. The molecule has 1 aromatic rings. The molecule has 5 fully saturated rings. The summed E-state index contributed by atoms with van der Waals surface area (Å²) in [4.78, 5) is 31.0. The lowest BCUT2D eigenvalue weighted by Gasteiger charge is -2.54. The quantitative estimate of drug-likeness (QED) is 0.609. The fourth-order valence-electron chi connectivity index (χ4n) is 6.11. The minimum absolute atomic E-state index is 0.0708. The number of hydrogen-bond donors (Lipinski definition) is 2. The van der Waals surface area contributed by atoms with Crippen molar-refractivity contribution < 1.29 is 22.8 Å². The highest BCUT2D eigenvalue weighted by atomic mass is 79.9. The van der Waals surface area contributed by atoms with E-state index in [0.29, 0.717) is 35.1 Å². The maximum absolute atomic E-state index is 12.9. The van der Waals surface area contributed by atoms with Crippen LogP contribution in [0, 0.1) is 23.2 Å². The summed E-state index contributed by atoms with van der Waals surface area (Å²) in [6.07, 6.45) is 6.87. The van der Waals surface area contributed by atoms with E-state index >= 15 is 0 Å². The molecule has 0 aliphatic heterocycles. The molecule has 1 aromatic carbocycles. The molecule has 0 radical (unpaired) electrons. The minimum atomic E-state index is -3.88. The van der Waals surface area contributed by atoms with Gasteiger partial charge in [-0.15, -0.1) is 0 Å². The Morgan fingerprint density at radius 3 is 2.17 bits per heavy atom. The lowest BCUT2D eigenvalue weighted by atomic mass is 9.49. The van der Waals surface area contributed by atoms with Crippen LogP contribution in [-0.2, 0) is 24.4 Å². The maximum Gasteiger partial charge on any atom is 0.338 e. The molecule has 9 heteroatoms. The second-order valence-electron chi connectivity index (χ2n) is 9.66. The van der Waals surface area contributed by atoms with Gasteiger partial charge in [0.25, 0.3) is 5.91 Å². The highest BCUT2D eigenvalue weighted by Crippen LogP contribution is 2.60. The van der Waals surface area contributed by atoms with Crippen LogP contribution in [0.3, 0.4) is 0 Å². The fraction of sp³-hybridized carbons (Fsp3) is 0.619. The zero-order valence-corrected chi connectivity index (χ0v) is 18.9. The molecule has 5 aliphatic rings. The van der Waals surface area contributed by atoms with Gasteiger partial charge in [-0.25, -0.2) is 13.2 Å². The van der Waals surface area contributed by atoms with Crippen molar-refractivity contribution in [3.63, 3.8) is 0 Å². The predicted octanol–water partition coefficient (Wildman–Crippen LogP) is 3.05. The molecule has 30 heavy (non-hydrogen) atoms. The van der Waals surface area contributed by atoms with Crippen LogP contribution in [0.4, 0.5) is 0 Å². The van der Waals surface area contributed by atoms with Gasteiger partial charge in [0.1, 0.15) is 5.54 Å². The third-order valence-corrected chi connectivity index (χ3v) is 9.36. The van der Waals surface area contributed by atoms with Crippen molar-refractivity contribution in [2.75, 3.05) is 0 Å². The molecule has 0 heterocycles. The van der Waals surface area contributed by atoms with Crippen LogP contribution < -0.4 is 10.2 Å². The van der Waals surface area contributed by atoms with Crippen LogP contribution in [0.15, 0.2) is 33.6 Å². The van der Waals surface area contributed by atoms with Crippen molar-refractivity contribution in [1.82, 2.24) is 10.2 Å². The predicted molar refractivity (Wildman–Crippen MR) is 111 cm³/mol. The Bertz CT molecular complexity index is 969. The third-order valence-electron chi connectivity index (χ3n) is 7.33. The first-order valence-corrected chi connectivity index (χ1v) is 12.8. The molecule has 0 saturated heterocycles. The van der Waals surface area contributed by atoms with Gasteiger partial charge in [-0.3, -0.25) is 4.79 Å². The smallest absolute Gasteiger partial charge is 0.338 e. The molecular formula is C21H25BrN2O5S. The molecule has 2 N–H and O–H groups in total. The van der Waals surface area contributed by atoms with Crippen LogP contribution in [0.5, 0.6) is 0 Å². The number of carbonyl (C=O) groups excluding carboxylic acids is 2. The van der Waals surface area contributed by atoms with Gasteiger partial charge in [0.2, 0.25) is 10.0 Å². The van der Waals surface area contributed by atoms with Crippen molar-refractivity contribution in [3.05, 3.63) is 28.7 Å². The van der Waals surface area contributed by atoms with Gasteiger partial charge in [0, 0.05) is 4.47 Å². The molecule has 162 valence electrons. The van der Waals surface area contributed by atoms with Crippen LogP contribution in [0.25, 0.3) is 0 Å². The molecule has 0 aromatic heterocycles. The van der Waals surface area contributed by atoms with Crippen molar-refractivity contribution in [2.45, 2.75) is 61.8 Å². The first kappa shape index (κ1) is 20.5. The molecule has 0 unspecified atom stereocenters. The summed E-state index contributed by atoms with van der Waals surface area (Å²) in [6, 6.07) is 6.28. The van der Waals surface area contributed by atoms with Gasteiger partial charge in [-0.2, -0.15) is 10.2 Å².